The van der Waals surface area contributed by atoms with Gasteiger partial charge in [0.15, 0.2) is 0 Å². The van der Waals surface area contributed by atoms with Crippen molar-refractivity contribution < 1.29 is 13.2 Å². The second kappa shape index (κ2) is 6.45. The Morgan fingerprint density at radius 3 is 2.69 bits per heavy atom. The van der Waals surface area contributed by atoms with Crippen molar-refractivity contribution in [2.75, 3.05) is 26.7 Å². The van der Waals surface area contributed by atoms with Crippen LogP contribution in [-0.4, -0.2) is 43.8 Å². The summed E-state index contributed by atoms with van der Waals surface area (Å²) in [6.45, 7) is 1.82. The average molecular weight is 238 g/mol. The molecule has 0 radical (unpaired) electrons. The van der Waals surface area contributed by atoms with Gasteiger partial charge in [-0.1, -0.05) is 12.8 Å². The average Bonchev–Trinajstić information content (AvgIpc) is 2.42. The van der Waals surface area contributed by atoms with E-state index >= 15 is 0 Å². The molecule has 0 amide bonds. The maximum Gasteiger partial charge on any atom is 0.390 e. The molecule has 1 fully saturated rings. The highest BCUT2D eigenvalue weighted by molar-refractivity contribution is 4.74. The van der Waals surface area contributed by atoms with E-state index in [1.807, 2.05) is 0 Å². The molecule has 1 heterocycles. The van der Waals surface area contributed by atoms with Gasteiger partial charge in [-0.05, 0) is 26.4 Å². The molecule has 0 spiro atoms. The molecule has 1 aliphatic rings. The predicted molar refractivity (Wildman–Crippen MR) is 58.4 cm³/mol. The van der Waals surface area contributed by atoms with Gasteiger partial charge < -0.3 is 10.2 Å². The zero-order valence-electron chi connectivity index (χ0n) is 9.82. The number of halogens is 3. The molecule has 96 valence electrons. The number of nitrogens with zero attached hydrogens (tertiary/aromatic N) is 1. The molecule has 1 unspecified atom stereocenters. The summed E-state index contributed by atoms with van der Waals surface area (Å²) >= 11 is 0. The predicted octanol–water partition coefficient (Wildman–Crippen LogP) is 2.40. The Hall–Kier alpha value is -0.290. The molecule has 1 aliphatic heterocycles. The number of alkyl halides is 3. The van der Waals surface area contributed by atoms with Gasteiger partial charge in [0.05, 0.1) is 6.42 Å². The van der Waals surface area contributed by atoms with Gasteiger partial charge >= 0.3 is 6.18 Å². The molecule has 0 bridgehead atoms. The van der Waals surface area contributed by atoms with Crippen LogP contribution in [0.2, 0.25) is 0 Å². The zero-order chi connectivity index (χ0) is 12.0. The summed E-state index contributed by atoms with van der Waals surface area (Å²) in [5, 5.41) is 3.39. The van der Waals surface area contributed by atoms with Crippen molar-refractivity contribution in [3.8, 4) is 0 Å². The Balaban J connectivity index is 2.19. The molecule has 16 heavy (non-hydrogen) atoms. The maximum atomic E-state index is 12.0. The minimum atomic E-state index is -4.04. The molecule has 0 aromatic carbocycles. The second-order valence-electron chi connectivity index (χ2n) is 4.63. The topological polar surface area (TPSA) is 15.3 Å². The van der Waals surface area contributed by atoms with Crippen LogP contribution in [0.5, 0.6) is 0 Å². The van der Waals surface area contributed by atoms with E-state index in [0.717, 1.165) is 19.5 Å². The lowest BCUT2D eigenvalue weighted by molar-refractivity contribution is -0.137. The number of nitrogens with one attached hydrogen (secondary N) is 1. The van der Waals surface area contributed by atoms with Crippen molar-refractivity contribution in [3.63, 3.8) is 0 Å². The van der Waals surface area contributed by atoms with Crippen molar-refractivity contribution in [3.05, 3.63) is 0 Å². The van der Waals surface area contributed by atoms with Gasteiger partial charge in [0.25, 0.3) is 0 Å². The second-order valence-corrected chi connectivity index (χ2v) is 4.63. The van der Waals surface area contributed by atoms with E-state index in [0.29, 0.717) is 6.04 Å². The third kappa shape index (κ3) is 6.33. The van der Waals surface area contributed by atoms with Crippen molar-refractivity contribution >= 4 is 0 Å². The summed E-state index contributed by atoms with van der Waals surface area (Å²) in [4.78, 5) is 1.77. The van der Waals surface area contributed by atoms with Gasteiger partial charge in [-0.3, -0.25) is 0 Å². The third-order valence-electron chi connectivity index (χ3n) is 2.97. The monoisotopic (exact) mass is 238 g/mol. The van der Waals surface area contributed by atoms with Crippen LogP contribution in [0.15, 0.2) is 0 Å². The summed E-state index contributed by atoms with van der Waals surface area (Å²) in [6, 6.07) is 0.362. The van der Waals surface area contributed by atoms with E-state index in [4.69, 9.17) is 0 Å². The van der Waals surface area contributed by atoms with Crippen LogP contribution in [0.1, 0.15) is 32.1 Å². The molecule has 2 nitrogen and oxygen atoms in total. The Kier molecular flexibility index (Phi) is 5.55. The molecular weight excluding hydrogens is 217 g/mol. The van der Waals surface area contributed by atoms with Crippen LogP contribution in [-0.2, 0) is 0 Å². The molecule has 0 aromatic heterocycles. The molecule has 0 saturated carbocycles. The lowest BCUT2D eigenvalue weighted by Gasteiger charge is -2.24. The Labute approximate surface area is 95.2 Å². The highest BCUT2D eigenvalue weighted by Crippen LogP contribution is 2.19. The summed E-state index contributed by atoms with van der Waals surface area (Å²) in [5.74, 6) is 0. The van der Waals surface area contributed by atoms with Gasteiger partial charge in [0, 0.05) is 19.1 Å². The fraction of sp³-hybridized carbons (Fsp3) is 1.00. The molecule has 0 aliphatic carbocycles. The van der Waals surface area contributed by atoms with Gasteiger partial charge in [-0.2, -0.15) is 13.2 Å². The summed E-state index contributed by atoms with van der Waals surface area (Å²) in [6.07, 6.45) is -0.0684. The van der Waals surface area contributed by atoms with Gasteiger partial charge in [0.1, 0.15) is 0 Å². The quantitative estimate of drug-likeness (QED) is 0.809. The van der Waals surface area contributed by atoms with E-state index in [-0.39, 0.29) is 6.54 Å². The normalized spacial score (nSPS) is 23.4. The van der Waals surface area contributed by atoms with Crippen molar-refractivity contribution in [1.82, 2.24) is 10.2 Å². The zero-order valence-corrected chi connectivity index (χ0v) is 9.82. The maximum absolute atomic E-state index is 12.0. The highest BCUT2D eigenvalue weighted by atomic mass is 19.4. The highest BCUT2D eigenvalue weighted by Gasteiger charge is 2.27. The fourth-order valence-electron chi connectivity index (χ4n) is 2.04. The molecule has 0 aromatic rings. The van der Waals surface area contributed by atoms with Crippen molar-refractivity contribution in [2.45, 2.75) is 44.3 Å². The Morgan fingerprint density at radius 2 is 2.00 bits per heavy atom. The fourth-order valence-corrected chi connectivity index (χ4v) is 2.04. The van der Waals surface area contributed by atoms with Crippen LogP contribution < -0.4 is 5.32 Å². The van der Waals surface area contributed by atoms with Gasteiger partial charge in [-0.15, -0.1) is 0 Å². The molecule has 5 heteroatoms. The van der Waals surface area contributed by atoms with Crippen LogP contribution in [0.25, 0.3) is 0 Å². The number of hydrogen-bond acceptors (Lipinski definition) is 2. The van der Waals surface area contributed by atoms with Gasteiger partial charge in [0.2, 0.25) is 0 Å². The van der Waals surface area contributed by atoms with Crippen molar-refractivity contribution in [2.24, 2.45) is 0 Å². The first-order valence-electron chi connectivity index (χ1n) is 5.96. The summed E-state index contributed by atoms with van der Waals surface area (Å²) in [7, 11) is 1.76. The summed E-state index contributed by atoms with van der Waals surface area (Å²) in [5.41, 5.74) is 0. The summed E-state index contributed by atoms with van der Waals surface area (Å²) < 4.78 is 36.1. The first kappa shape index (κ1) is 13.8. The Bertz CT molecular complexity index is 186. The number of likely N-dealkylation sites (N-methyl/N-ethyl adjacent to an activating group) is 1. The standard InChI is InChI=1S/C11H21F3N2/c1-16(8-6-11(12,13)14)9-10-5-3-2-4-7-15-10/h10,15H,2-9H2,1H3. The first-order chi connectivity index (χ1) is 7.47. The molecule has 1 atom stereocenters. The molecule has 1 N–H and O–H groups in total. The van der Waals surface area contributed by atoms with Crippen LogP contribution >= 0.6 is 0 Å². The number of rotatable bonds is 4. The van der Waals surface area contributed by atoms with E-state index < -0.39 is 12.6 Å². The minimum Gasteiger partial charge on any atom is -0.313 e. The lowest BCUT2D eigenvalue weighted by atomic mass is 10.1. The van der Waals surface area contributed by atoms with Crippen LogP contribution in [0.4, 0.5) is 13.2 Å². The Morgan fingerprint density at radius 1 is 1.25 bits per heavy atom. The van der Waals surface area contributed by atoms with Crippen molar-refractivity contribution in [1.29, 1.82) is 0 Å². The molecule has 1 rings (SSSR count). The van der Waals surface area contributed by atoms with E-state index in [1.54, 1.807) is 11.9 Å². The van der Waals surface area contributed by atoms with E-state index in [2.05, 4.69) is 5.32 Å². The van der Waals surface area contributed by atoms with Gasteiger partial charge in [-0.25, -0.2) is 0 Å². The third-order valence-corrected chi connectivity index (χ3v) is 2.97. The van der Waals surface area contributed by atoms with Crippen LogP contribution in [0, 0.1) is 0 Å². The first-order valence-corrected chi connectivity index (χ1v) is 5.96. The van der Waals surface area contributed by atoms with Crippen LogP contribution in [0.3, 0.4) is 0 Å². The minimum absolute atomic E-state index is 0.0989. The molecular formula is C11H21F3N2. The van der Waals surface area contributed by atoms with E-state index in [1.165, 1.54) is 19.3 Å². The molecule has 1 saturated heterocycles. The number of hydrogen-bond donors (Lipinski definition) is 1. The van der Waals surface area contributed by atoms with E-state index in [9.17, 15) is 13.2 Å². The largest absolute Gasteiger partial charge is 0.390 e. The lowest BCUT2D eigenvalue weighted by Crippen LogP contribution is -2.40. The SMILES string of the molecule is CN(CCC(F)(F)F)CC1CCCCCN1. The smallest absolute Gasteiger partial charge is 0.313 e.